The summed E-state index contributed by atoms with van der Waals surface area (Å²) in [5.74, 6) is 2.11. The lowest BCUT2D eigenvalue weighted by atomic mass is 10.3. The Kier molecular flexibility index (Phi) is 5.74. The second kappa shape index (κ2) is 8.03. The van der Waals surface area contributed by atoms with Crippen molar-refractivity contribution in [3.8, 4) is 0 Å². The normalized spacial score (nSPS) is 11.6. The van der Waals surface area contributed by atoms with E-state index in [0.717, 1.165) is 57.1 Å². The predicted molar refractivity (Wildman–Crippen MR) is 115 cm³/mol. The van der Waals surface area contributed by atoms with Gasteiger partial charge in [-0.15, -0.1) is 22.7 Å². The summed E-state index contributed by atoms with van der Waals surface area (Å²) in [6, 6.07) is 11.7. The second-order valence-corrected chi connectivity index (χ2v) is 10.9. The Labute approximate surface area is 172 Å². The fourth-order valence-corrected chi connectivity index (χ4v) is 7.15. The van der Waals surface area contributed by atoms with Crippen molar-refractivity contribution in [2.24, 2.45) is 0 Å². The van der Waals surface area contributed by atoms with E-state index in [1.165, 1.54) is 0 Å². The first-order valence-electron chi connectivity index (χ1n) is 7.55. The van der Waals surface area contributed by atoms with Gasteiger partial charge in [0.2, 0.25) is 0 Å². The summed E-state index contributed by atoms with van der Waals surface area (Å²) >= 11 is 19.1. The van der Waals surface area contributed by atoms with Gasteiger partial charge in [-0.2, -0.15) is 0 Å². The summed E-state index contributed by atoms with van der Waals surface area (Å²) in [4.78, 5) is 9.28. The Balaban J connectivity index is 1.28. The highest BCUT2D eigenvalue weighted by Crippen LogP contribution is 2.33. The van der Waals surface area contributed by atoms with Crippen molar-refractivity contribution in [1.82, 2.24) is 9.97 Å². The van der Waals surface area contributed by atoms with Gasteiger partial charge in [-0.05, 0) is 42.8 Å². The number of rotatable bonds is 6. The minimum Gasteiger partial charge on any atom is -0.230 e. The highest BCUT2D eigenvalue weighted by Gasteiger charge is 2.07. The number of hydrogen-bond acceptors (Lipinski definition) is 6. The SMILES string of the molecule is Clc1ccc2nc(SCCCSc3nc4ccc(Cl)cc4s3)sc2c1. The average Bonchev–Trinajstić information content (AvgIpc) is 3.16. The Morgan fingerprint density at radius 3 is 1.72 bits per heavy atom. The van der Waals surface area contributed by atoms with E-state index < -0.39 is 0 Å². The summed E-state index contributed by atoms with van der Waals surface area (Å²) in [6.07, 6.45) is 1.11. The summed E-state index contributed by atoms with van der Waals surface area (Å²) in [5, 5.41) is 1.53. The Morgan fingerprint density at radius 2 is 1.24 bits per heavy atom. The lowest BCUT2D eigenvalue weighted by Crippen LogP contribution is -1.83. The largest absolute Gasteiger partial charge is 0.230 e. The summed E-state index contributed by atoms with van der Waals surface area (Å²) in [7, 11) is 0. The van der Waals surface area contributed by atoms with Gasteiger partial charge in [-0.3, -0.25) is 0 Å². The third kappa shape index (κ3) is 4.43. The number of nitrogens with zero attached hydrogens (tertiary/aromatic N) is 2. The predicted octanol–water partition coefficient (Wildman–Crippen LogP) is 7.49. The van der Waals surface area contributed by atoms with Gasteiger partial charge in [0.05, 0.1) is 20.4 Å². The third-order valence-corrected chi connectivity index (χ3v) is 8.37. The van der Waals surface area contributed by atoms with Crippen molar-refractivity contribution in [2.45, 2.75) is 15.1 Å². The molecule has 2 nitrogen and oxygen atoms in total. The van der Waals surface area contributed by atoms with Crippen molar-refractivity contribution >= 4 is 89.8 Å². The monoisotopic (exact) mass is 442 g/mol. The number of thioether (sulfide) groups is 2. The van der Waals surface area contributed by atoms with Gasteiger partial charge in [-0.1, -0.05) is 46.7 Å². The maximum Gasteiger partial charge on any atom is 0.151 e. The van der Waals surface area contributed by atoms with Gasteiger partial charge >= 0.3 is 0 Å². The molecule has 0 atom stereocenters. The molecule has 0 spiro atoms. The van der Waals surface area contributed by atoms with Crippen LogP contribution in [0.3, 0.4) is 0 Å². The number of aromatic nitrogens is 2. The molecule has 0 saturated carbocycles. The molecule has 128 valence electrons. The summed E-state index contributed by atoms with van der Waals surface area (Å²) in [6.45, 7) is 0. The van der Waals surface area contributed by atoms with Crippen molar-refractivity contribution in [2.75, 3.05) is 11.5 Å². The maximum atomic E-state index is 6.03. The standard InChI is InChI=1S/C17H12Cl2N2S4/c18-10-2-4-12-14(8-10)24-16(20-12)22-6-1-7-23-17-21-13-5-3-11(19)9-15(13)25-17/h2-5,8-9H,1,6-7H2. The molecule has 2 aromatic heterocycles. The smallest absolute Gasteiger partial charge is 0.151 e. The number of fused-ring (bicyclic) bond motifs is 2. The topological polar surface area (TPSA) is 25.8 Å². The van der Waals surface area contributed by atoms with Crippen LogP contribution >= 0.6 is 69.4 Å². The van der Waals surface area contributed by atoms with Gasteiger partial charge in [-0.25, -0.2) is 9.97 Å². The minimum absolute atomic E-state index is 0.765. The van der Waals surface area contributed by atoms with Crippen LogP contribution in [0.5, 0.6) is 0 Å². The average molecular weight is 443 g/mol. The molecule has 0 radical (unpaired) electrons. The highest BCUT2D eigenvalue weighted by atomic mass is 35.5. The van der Waals surface area contributed by atoms with E-state index in [-0.39, 0.29) is 0 Å². The molecule has 0 aliphatic heterocycles. The van der Waals surface area contributed by atoms with Crippen molar-refractivity contribution in [1.29, 1.82) is 0 Å². The minimum atomic E-state index is 0.765. The molecule has 2 heterocycles. The van der Waals surface area contributed by atoms with Gasteiger partial charge in [0.1, 0.15) is 0 Å². The van der Waals surface area contributed by atoms with Crippen LogP contribution in [0.2, 0.25) is 10.0 Å². The zero-order chi connectivity index (χ0) is 17.2. The first kappa shape index (κ1) is 17.9. The second-order valence-electron chi connectivity index (χ2n) is 5.23. The maximum absolute atomic E-state index is 6.03. The van der Waals surface area contributed by atoms with Crippen LogP contribution in [0.1, 0.15) is 6.42 Å². The Hall–Kier alpha value is -0.500. The lowest BCUT2D eigenvalue weighted by molar-refractivity contribution is 1.11. The third-order valence-electron chi connectivity index (χ3n) is 3.40. The van der Waals surface area contributed by atoms with Crippen LogP contribution in [-0.2, 0) is 0 Å². The van der Waals surface area contributed by atoms with Crippen LogP contribution in [0, 0.1) is 0 Å². The van der Waals surface area contributed by atoms with Gasteiger partial charge in [0, 0.05) is 21.6 Å². The van der Waals surface area contributed by atoms with Crippen LogP contribution in [0.25, 0.3) is 20.4 Å². The molecule has 0 unspecified atom stereocenters. The van der Waals surface area contributed by atoms with E-state index >= 15 is 0 Å². The fourth-order valence-electron chi connectivity index (χ4n) is 2.26. The number of thiazole rings is 2. The van der Waals surface area contributed by atoms with E-state index in [0.29, 0.717) is 0 Å². The molecule has 0 fully saturated rings. The molecular formula is C17H12Cl2N2S4. The molecule has 4 aromatic rings. The zero-order valence-electron chi connectivity index (χ0n) is 12.9. The molecule has 2 aromatic carbocycles. The van der Waals surface area contributed by atoms with Crippen molar-refractivity contribution in [3.05, 3.63) is 46.4 Å². The Morgan fingerprint density at radius 1 is 0.760 bits per heavy atom. The molecule has 0 aliphatic rings. The fraction of sp³-hybridized carbons (Fsp3) is 0.176. The first-order valence-corrected chi connectivity index (χ1v) is 11.9. The van der Waals surface area contributed by atoms with E-state index in [1.54, 1.807) is 22.7 Å². The quantitative estimate of drug-likeness (QED) is 0.228. The van der Waals surface area contributed by atoms with E-state index in [4.69, 9.17) is 23.2 Å². The van der Waals surface area contributed by atoms with Crippen molar-refractivity contribution < 1.29 is 0 Å². The van der Waals surface area contributed by atoms with Crippen LogP contribution in [0.4, 0.5) is 0 Å². The lowest BCUT2D eigenvalue weighted by Gasteiger charge is -1.97. The van der Waals surface area contributed by atoms with Gasteiger partial charge < -0.3 is 0 Å². The van der Waals surface area contributed by atoms with Crippen LogP contribution in [0.15, 0.2) is 45.1 Å². The first-order chi connectivity index (χ1) is 12.2. The molecule has 0 amide bonds. The van der Waals surface area contributed by atoms with Crippen molar-refractivity contribution in [3.63, 3.8) is 0 Å². The van der Waals surface area contributed by atoms with Crippen LogP contribution < -0.4 is 0 Å². The number of halogens is 2. The molecule has 4 rings (SSSR count). The Bertz CT molecular complexity index is 946. The zero-order valence-corrected chi connectivity index (χ0v) is 17.6. The van der Waals surface area contributed by atoms with E-state index in [9.17, 15) is 0 Å². The molecule has 0 N–H and O–H groups in total. The molecule has 25 heavy (non-hydrogen) atoms. The van der Waals surface area contributed by atoms with Gasteiger partial charge in [0.25, 0.3) is 0 Å². The van der Waals surface area contributed by atoms with E-state index in [1.807, 2.05) is 59.9 Å². The van der Waals surface area contributed by atoms with Crippen LogP contribution in [-0.4, -0.2) is 21.5 Å². The molecule has 0 bridgehead atoms. The number of benzene rings is 2. The molecular weight excluding hydrogens is 431 g/mol. The van der Waals surface area contributed by atoms with Gasteiger partial charge in [0.15, 0.2) is 8.68 Å². The molecule has 8 heteroatoms. The highest BCUT2D eigenvalue weighted by molar-refractivity contribution is 8.02. The number of hydrogen-bond donors (Lipinski definition) is 0. The molecule has 0 saturated heterocycles. The van der Waals surface area contributed by atoms with E-state index in [2.05, 4.69) is 9.97 Å². The molecule has 0 aliphatic carbocycles. The summed E-state index contributed by atoms with van der Waals surface area (Å²) < 4.78 is 4.52. The summed E-state index contributed by atoms with van der Waals surface area (Å²) in [5.41, 5.74) is 2.05.